The Morgan fingerprint density at radius 2 is 1.41 bits per heavy atom. The maximum absolute atomic E-state index is 3.59. The molecule has 0 aromatic heterocycles. The van der Waals surface area contributed by atoms with Gasteiger partial charge in [-0.25, -0.2) is 0 Å². The van der Waals surface area contributed by atoms with Crippen molar-refractivity contribution in [2.75, 3.05) is 65.4 Å². The first-order valence-electron chi connectivity index (χ1n) is 7.42. The smallest absolute Gasteiger partial charge is 0.0897 e. The zero-order chi connectivity index (χ0) is 11.8. The summed E-state index contributed by atoms with van der Waals surface area (Å²) in [5.74, 6) is 0. The Hall–Kier alpha value is -0.160. The van der Waals surface area contributed by atoms with Crippen LogP contribution in [0.25, 0.3) is 0 Å². The van der Waals surface area contributed by atoms with Gasteiger partial charge in [-0.3, -0.25) is 0 Å². The van der Waals surface area contributed by atoms with E-state index in [1.165, 1.54) is 84.7 Å². The maximum Gasteiger partial charge on any atom is 0.0897 e. The van der Waals surface area contributed by atoms with Gasteiger partial charge in [0.05, 0.1) is 19.6 Å². The predicted molar refractivity (Wildman–Crippen MR) is 71.6 cm³/mol. The predicted octanol–water partition coefficient (Wildman–Crippen LogP) is -1.45. The SMILES string of the molecule is C1CNCC[NH+]2CCCNCCN(C1)CCC2. The average Bonchev–Trinajstić information content (AvgIpc) is 2.42. The summed E-state index contributed by atoms with van der Waals surface area (Å²) in [6.07, 6.45) is 4.00. The van der Waals surface area contributed by atoms with Gasteiger partial charge in [0, 0.05) is 45.6 Å². The van der Waals surface area contributed by atoms with E-state index in [1.54, 1.807) is 4.90 Å². The molecule has 17 heavy (non-hydrogen) atoms. The molecule has 4 heteroatoms. The Balaban J connectivity index is 1.90. The molecule has 2 aliphatic rings. The van der Waals surface area contributed by atoms with Crippen molar-refractivity contribution in [3.8, 4) is 0 Å². The van der Waals surface area contributed by atoms with Crippen LogP contribution in [-0.4, -0.2) is 70.3 Å². The van der Waals surface area contributed by atoms with E-state index in [0.717, 1.165) is 0 Å². The lowest BCUT2D eigenvalue weighted by molar-refractivity contribution is -0.899. The normalized spacial score (nSPS) is 33.9. The molecule has 0 radical (unpaired) electrons. The summed E-state index contributed by atoms with van der Waals surface area (Å²) in [6, 6.07) is 0. The molecule has 0 amide bonds. The highest BCUT2D eigenvalue weighted by molar-refractivity contribution is 4.63. The monoisotopic (exact) mass is 241 g/mol. The molecule has 0 aromatic rings. The molecule has 2 saturated heterocycles. The van der Waals surface area contributed by atoms with Crippen molar-refractivity contribution in [3.05, 3.63) is 0 Å². The second kappa shape index (κ2) is 8.03. The molecule has 0 aliphatic carbocycles. The first-order valence-corrected chi connectivity index (χ1v) is 7.42. The Labute approximate surface area is 106 Å². The quantitative estimate of drug-likeness (QED) is 0.485. The van der Waals surface area contributed by atoms with Crippen LogP contribution in [-0.2, 0) is 0 Å². The summed E-state index contributed by atoms with van der Waals surface area (Å²) < 4.78 is 0. The molecule has 3 N–H and O–H groups in total. The number of nitrogens with one attached hydrogen (secondary N) is 3. The van der Waals surface area contributed by atoms with E-state index in [4.69, 9.17) is 0 Å². The Morgan fingerprint density at radius 1 is 0.647 bits per heavy atom. The van der Waals surface area contributed by atoms with Crippen LogP contribution in [0.5, 0.6) is 0 Å². The fourth-order valence-electron chi connectivity index (χ4n) is 2.91. The van der Waals surface area contributed by atoms with Gasteiger partial charge in [0.1, 0.15) is 0 Å². The average molecular weight is 241 g/mol. The van der Waals surface area contributed by atoms with Gasteiger partial charge >= 0.3 is 0 Å². The topological polar surface area (TPSA) is 31.7 Å². The third-order valence-electron chi connectivity index (χ3n) is 3.98. The fraction of sp³-hybridized carbons (Fsp3) is 1.00. The van der Waals surface area contributed by atoms with E-state index in [-0.39, 0.29) is 0 Å². The summed E-state index contributed by atoms with van der Waals surface area (Å²) in [4.78, 5) is 4.44. The first kappa shape index (κ1) is 13.3. The van der Waals surface area contributed by atoms with Gasteiger partial charge in [-0.2, -0.15) is 0 Å². The van der Waals surface area contributed by atoms with E-state index in [2.05, 4.69) is 15.5 Å². The van der Waals surface area contributed by atoms with Crippen LogP contribution in [0.3, 0.4) is 0 Å². The van der Waals surface area contributed by atoms with Crippen LogP contribution in [0.4, 0.5) is 0 Å². The first-order chi connectivity index (χ1) is 8.45. The van der Waals surface area contributed by atoms with E-state index >= 15 is 0 Å². The standard InChI is InChI=1S/C13H28N4/c1-4-14-6-13-17-9-2-5-15-7-12-16(8-1)10-3-11-17/h14-15H,1-13H2/p+1. The maximum atomic E-state index is 3.59. The number of rotatable bonds is 0. The van der Waals surface area contributed by atoms with Crippen molar-refractivity contribution in [1.82, 2.24) is 15.5 Å². The number of quaternary nitrogens is 1. The number of nitrogens with zero attached hydrogens (tertiary/aromatic N) is 1. The van der Waals surface area contributed by atoms with E-state index in [9.17, 15) is 0 Å². The number of fused-ring (bicyclic) bond motifs is 4. The minimum atomic E-state index is 1.17. The molecule has 0 spiro atoms. The lowest BCUT2D eigenvalue weighted by Crippen LogP contribution is -3.12. The van der Waals surface area contributed by atoms with Gasteiger partial charge in [0.2, 0.25) is 0 Å². The summed E-state index contributed by atoms with van der Waals surface area (Å²) in [6.45, 7) is 12.6. The molecule has 0 aromatic carbocycles. The van der Waals surface area contributed by atoms with Crippen LogP contribution in [0.1, 0.15) is 19.3 Å². The zero-order valence-electron chi connectivity index (χ0n) is 11.1. The fourth-order valence-corrected chi connectivity index (χ4v) is 2.91. The molecule has 2 heterocycles. The van der Waals surface area contributed by atoms with Crippen molar-refractivity contribution in [2.24, 2.45) is 0 Å². The molecular weight excluding hydrogens is 212 g/mol. The second-order valence-electron chi connectivity index (χ2n) is 5.40. The van der Waals surface area contributed by atoms with Crippen molar-refractivity contribution in [2.45, 2.75) is 19.3 Å². The van der Waals surface area contributed by atoms with Crippen LogP contribution in [0.2, 0.25) is 0 Å². The largest absolute Gasteiger partial charge is 0.334 e. The van der Waals surface area contributed by atoms with Gasteiger partial charge in [-0.05, 0) is 19.5 Å². The number of hydrogen-bond donors (Lipinski definition) is 3. The lowest BCUT2D eigenvalue weighted by atomic mass is 10.3. The summed E-state index contributed by atoms with van der Waals surface area (Å²) in [7, 11) is 0. The highest BCUT2D eigenvalue weighted by Gasteiger charge is 2.13. The van der Waals surface area contributed by atoms with Crippen LogP contribution in [0.15, 0.2) is 0 Å². The molecule has 0 saturated carbocycles. The molecule has 2 fully saturated rings. The van der Waals surface area contributed by atoms with Crippen molar-refractivity contribution >= 4 is 0 Å². The van der Waals surface area contributed by atoms with E-state index in [0.29, 0.717) is 0 Å². The minimum Gasteiger partial charge on any atom is -0.334 e. The van der Waals surface area contributed by atoms with E-state index in [1.807, 2.05) is 0 Å². The summed E-state index contributed by atoms with van der Waals surface area (Å²) in [5, 5.41) is 7.17. The van der Waals surface area contributed by atoms with Crippen molar-refractivity contribution in [3.63, 3.8) is 0 Å². The van der Waals surface area contributed by atoms with Gasteiger partial charge in [-0.1, -0.05) is 0 Å². The molecule has 100 valence electrons. The summed E-state index contributed by atoms with van der Waals surface area (Å²) >= 11 is 0. The highest BCUT2D eigenvalue weighted by Crippen LogP contribution is 1.94. The lowest BCUT2D eigenvalue weighted by Gasteiger charge is -2.22. The Bertz CT molecular complexity index is 162. The van der Waals surface area contributed by atoms with E-state index < -0.39 is 0 Å². The van der Waals surface area contributed by atoms with Crippen LogP contribution in [0, 0.1) is 0 Å². The summed E-state index contributed by atoms with van der Waals surface area (Å²) in [5.41, 5.74) is 0. The molecule has 2 atom stereocenters. The van der Waals surface area contributed by atoms with Gasteiger partial charge < -0.3 is 20.4 Å². The molecule has 2 aliphatic heterocycles. The molecule has 2 rings (SSSR count). The van der Waals surface area contributed by atoms with Gasteiger partial charge in [-0.15, -0.1) is 0 Å². The second-order valence-corrected chi connectivity index (χ2v) is 5.40. The van der Waals surface area contributed by atoms with Crippen LogP contribution < -0.4 is 15.5 Å². The Kier molecular flexibility index (Phi) is 6.27. The third-order valence-corrected chi connectivity index (χ3v) is 3.98. The minimum absolute atomic E-state index is 1.17. The van der Waals surface area contributed by atoms with Gasteiger partial charge in [0.15, 0.2) is 0 Å². The highest BCUT2D eigenvalue weighted by atomic mass is 15.2. The van der Waals surface area contributed by atoms with Crippen molar-refractivity contribution in [1.29, 1.82) is 0 Å². The molecular formula is C13H29N4+. The molecule has 4 nitrogen and oxygen atoms in total. The zero-order valence-corrected chi connectivity index (χ0v) is 11.1. The van der Waals surface area contributed by atoms with Crippen molar-refractivity contribution < 1.29 is 4.90 Å². The molecule has 2 unspecified atom stereocenters. The molecule has 2 bridgehead atoms. The van der Waals surface area contributed by atoms with Crippen LogP contribution >= 0.6 is 0 Å². The Morgan fingerprint density at radius 3 is 2.41 bits per heavy atom. The van der Waals surface area contributed by atoms with Gasteiger partial charge in [0.25, 0.3) is 0 Å². The number of hydrogen-bond acceptors (Lipinski definition) is 3. The third kappa shape index (κ3) is 5.34.